The van der Waals surface area contributed by atoms with Gasteiger partial charge < -0.3 is 0 Å². The zero-order valence-electron chi connectivity index (χ0n) is 8.58. The Morgan fingerprint density at radius 3 is 2.80 bits per heavy atom. The normalized spacial score (nSPS) is 16.9. The number of halogens is 1. The fourth-order valence-corrected chi connectivity index (χ4v) is 2.56. The molecule has 15 heavy (non-hydrogen) atoms. The molecule has 0 radical (unpaired) electrons. The van der Waals surface area contributed by atoms with Gasteiger partial charge in [-0.25, -0.2) is 0 Å². The predicted molar refractivity (Wildman–Crippen MR) is 62.6 cm³/mol. The molecule has 1 aliphatic carbocycles. The van der Waals surface area contributed by atoms with Gasteiger partial charge in [0.2, 0.25) is 0 Å². The third kappa shape index (κ3) is 2.88. The van der Waals surface area contributed by atoms with E-state index >= 15 is 0 Å². The monoisotopic (exact) mass is 267 g/mol. The van der Waals surface area contributed by atoms with E-state index in [9.17, 15) is 4.79 Å². The van der Waals surface area contributed by atoms with Crippen LogP contribution in [-0.4, -0.2) is 10.8 Å². The second-order valence-electron chi connectivity index (χ2n) is 4.14. The Hall–Kier alpha value is -0.700. The van der Waals surface area contributed by atoms with Crippen molar-refractivity contribution in [1.29, 1.82) is 0 Å². The van der Waals surface area contributed by atoms with E-state index in [1.165, 1.54) is 12.8 Å². The Bertz CT molecular complexity index is 358. The van der Waals surface area contributed by atoms with Gasteiger partial charge in [0.1, 0.15) is 5.78 Å². The molecule has 0 saturated heterocycles. The molecular formula is C12H14BrNO. The summed E-state index contributed by atoms with van der Waals surface area (Å²) in [5, 5.41) is 0. The molecule has 1 aromatic heterocycles. The Labute approximate surface area is 98.2 Å². The maximum absolute atomic E-state index is 11.9. The summed E-state index contributed by atoms with van der Waals surface area (Å²) in [6.07, 6.45) is 8.65. The Kier molecular flexibility index (Phi) is 3.52. The molecule has 1 heterocycles. The molecule has 1 saturated carbocycles. The van der Waals surface area contributed by atoms with Crippen molar-refractivity contribution < 1.29 is 4.79 Å². The molecule has 0 atom stereocenters. The van der Waals surface area contributed by atoms with Crippen molar-refractivity contribution >= 4 is 21.7 Å². The largest absolute Gasteiger partial charge is 0.299 e. The summed E-state index contributed by atoms with van der Waals surface area (Å²) in [5.41, 5.74) is 1.02. The van der Waals surface area contributed by atoms with Gasteiger partial charge in [-0.2, -0.15) is 0 Å². The van der Waals surface area contributed by atoms with Crippen LogP contribution in [0.2, 0.25) is 0 Å². The van der Waals surface area contributed by atoms with Crippen LogP contribution in [0.25, 0.3) is 0 Å². The minimum atomic E-state index is 0.309. The van der Waals surface area contributed by atoms with Crippen LogP contribution in [0.5, 0.6) is 0 Å². The molecule has 0 unspecified atom stereocenters. The van der Waals surface area contributed by atoms with Gasteiger partial charge >= 0.3 is 0 Å². The summed E-state index contributed by atoms with van der Waals surface area (Å²) >= 11 is 3.36. The molecule has 0 amide bonds. The van der Waals surface area contributed by atoms with E-state index in [1.807, 2.05) is 6.07 Å². The lowest BCUT2D eigenvalue weighted by atomic mass is 9.97. The van der Waals surface area contributed by atoms with Crippen molar-refractivity contribution in [3.05, 3.63) is 28.5 Å². The van der Waals surface area contributed by atoms with E-state index in [0.717, 1.165) is 22.9 Å². The van der Waals surface area contributed by atoms with E-state index in [1.54, 1.807) is 12.4 Å². The number of pyridine rings is 1. The minimum absolute atomic E-state index is 0.309. The van der Waals surface area contributed by atoms with Crippen LogP contribution in [0.15, 0.2) is 22.9 Å². The van der Waals surface area contributed by atoms with Crippen molar-refractivity contribution in [2.24, 2.45) is 5.92 Å². The van der Waals surface area contributed by atoms with Gasteiger partial charge in [0.25, 0.3) is 0 Å². The number of rotatable bonds is 3. The van der Waals surface area contributed by atoms with E-state index < -0.39 is 0 Å². The SMILES string of the molecule is O=C(Cc1cncc(Br)c1)C1CCCC1. The Morgan fingerprint density at radius 1 is 1.40 bits per heavy atom. The Balaban J connectivity index is 1.99. The second kappa shape index (κ2) is 4.88. The molecule has 2 nitrogen and oxygen atoms in total. The highest BCUT2D eigenvalue weighted by Gasteiger charge is 2.22. The smallest absolute Gasteiger partial charge is 0.140 e. The lowest BCUT2D eigenvalue weighted by molar-refractivity contribution is -0.122. The van der Waals surface area contributed by atoms with Crippen molar-refractivity contribution in [2.45, 2.75) is 32.1 Å². The number of hydrogen-bond acceptors (Lipinski definition) is 2. The standard InChI is InChI=1S/C12H14BrNO/c13-11-5-9(7-14-8-11)6-12(15)10-3-1-2-4-10/h5,7-8,10H,1-4,6H2. The first-order valence-corrected chi connectivity index (χ1v) is 6.17. The van der Waals surface area contributed by atoms with Crippen LogP contribution in [0, 0.1) is 5.92 Å². The molecule has 3 heteroatoms. The topological polar surface area (TPSA) is 30.0 Å². The minimum Gasteiger partial charge on any atom is -0.299 e. The van der Waals surface area contributed by atoms with Crippen LogP contribution in [0.4, 0.5) is 0 Å². The van der Waals surface area contributed by atoms with Gasteiger partial charge in [0.05, 0.1) is 0 Å². The van der Waals surface area contributed by atoms with E-state index in [0.29, 0.717) is 18.1 Å². The van der Waals surface area contributed by atoms with Crippen molar-refractivity contribution in [1.82, 2.24) is 4.98 Å². The zero-order chi connectivity index (χ0) is 10.7. The van der Waals surface area contributed by atoms with Crippen molar-refractivity contribution in [3.8, 4) is 0 Å². The quantitative estimate of drug-likeness (QED) is 0.842. The molecule has 0 bridgehead atoms. The third-order valence-electron chi connectivity index (χ3n) is 2.95. The highest BCUT2D eigenvalue weighted by molar-refractivity contribution is 9.10. The van der Waals surface area contributed by atoms with E-state index in [2.05, 4.69) is 20.9 Å². The summed E-state index contributed by atoms with van der Waals surface area (Å²) in [6, 6.07) is 1.97. The van der Waals surface area contributed by atoms with Gasteiger partial charge in [-0.15, -0.1) is 0 Å². The first-order valence-electron chi connectivity index (χ1n) is 5.38. The van der Waals surface area contributed by atoms with Crippen molar-refractivity contribution in [3.63, 3.8) is 0 Å². The zero-order valence-corrected chi connectivity index (χ0v) is 10.2. The summed E-state index contributed by atoms with van der Waals surface area (Å²) < 4.78 is 0.944. The molecule has 0 aromatic carbocycles. The van der Waals surface area contributed by atoms with Crippen LogP contribution in [0.3, 0.4) is 0 Å². The van der Waals surface area contributed by atoms with Crippen LogP contribution < -0.4 is 0 Å². The summed E-state index contributed by atoms with van der Waals surface area (Å²) in [5.74, 6) is 0.691. The van der Waals surface area contributed by atoms with Gasteiger partial charge in [0, 0.05) is 29.2 Å². The van der Waals surface area contributed by atoms with Crippen LogP contribution >= 0.6 is 15.9 Å². The fraction of sp³-hybridized carbons (Fsp3) is 0.500. The van der Waals surface area contributed by atoms with E-state index in [-0.39, 0.29) is 0 Å². The molecule has 1 aromatic rings. The average Bonchev–Trinajstić information content (AvgIpc) is 2.70. The molecule has 1 aliphatic rings. The Morgan fingerprint density at radius 2 is 2.13 bits per heavy atom. The molecule has 0 aliphatic heterocycles. The highest BCUT2D eigenvalue weighted by Crippen LogP contribution is 2.26. The number of aromatic nitrogens is 1. The first-order chi connectivity index (χ1) is 7.25. The van der Waals surface area contributed by atoms with Gasteiger partial charge in [0.15, 0.2) is 0 Å². The molecule has 1 fully saturated rings. The van der Waals surface area contributed by atoms with Gasteiger partial charge in [-0.1, -0.05) is 12.8 Å². The molecule has 0 N–H and O–H groups in total. The highest BCUT2D eigenvalue weighted by atomic mass is 79.9. The first kappa shape index (κ1) is 10.8. The van der Waals surface area contributed by atoms with Crippen LogP contribution in [-0.2, 0) is 11.2 Å². The predicted octanol–water partition coefficient (Wildman–Crippen LogP) is 3.15. The number of ketones is 1. The fourth-order valence-electron chi connectivity index (χ4n) is 2.15. The van der Waals surface area contributed by atoms with Crippen molar-refractivity contribution in [2.75, 3.05) is 0 Å². The van der Waals surface area contributed by atoms with Crippen LogP contribution in [0.1, 0.15) is 31.2 Å². The van der Waals surface area contributed by atoms with E-state index in [4.69, 9.17) is 0 Å². The molecule has 80 valence electrons. The maximum Gasteiger partial charge on any atom is 0.140 e. The second-order valence-corrected chi connectivity index (χ2v) is 5.05. The van der Waals surface area contributed by atoms with Gasteiger partial charge in [-0.3, -0.25) is 9.78 Å². The molecule has 0 spiro atoms. The number of nitrogens with zero attached hydrogens (tertiary/aromatic N) is 1. The van der Waals surface area contributed by atoms with Gasteiger partial charge in [-0.05, 0) is 40.4 Å². The number of carbonyl (C=O) groups excluding carboxylic acids is 1. The lowest BCUT2D eigenvalue weighted by Gasteiger charge is -2.07. The summed E-state index contributed by atoms with van der Waals surface area (Å²) in [6.45, 7) is 0. The number of carbonyl (C=O) groups is 1. The average molecular weight is 268 g/mol. The number of hydrogen-bond donors (Lipinski definition) is 0. The third-order valence-corrected chi connectivity index (χ3v) is 3.38. The molecular weight excluding hydrogens is 254 g/mol. The lowest BCUT2D eigenvalue weighted by Crippen LogP contribution is -2.13. The summed E-state index contributed by atoms with van der Waals surface area (Å²) in [7, 11) is 0. The maximum atomic E-state index is 11.9. The summed E-state index contributed by atoms with van der Waals surface area (Å²) in [4.78, 5) is 15.9. The molecule has 2 rings (SSSR count). The number of Topliss-reactive ketones (excluding diaryl/α,β-unsaturated/α-hetero) is 1.